The lowest BCUT2D eigenvalue weighted by atomic mass is 9.97. The number of rotatable bonds is 0. The molecule has 0 saturated carbocycles. The molecule has 0 bridgehead atoms. The van der Waals surface area contributed by atoms with Gasteiger partial charge in [-0.2, -0.15) is 0 Å². The smallest absolute Gasteiger partial charge is 0.0584 e. The highest BCUT2D eigenvalue weighted by Crippen LogP contribution is 2.28. The summed E-state index contributed by atoms with van der Waals surface area (Å²) in [5.41, 5.74) is 7.34. The molecule has 0 spiro atoms. The Bertz CT molecular complexity index is 582. The van der Waals surface area contributed by atoms with Crippen LogP contribution in [0.2, 0.25) is 0 Å². The lowest BCUT2D eigenvalue weighted by molar-refractivity contribution is -0.590. The molecule has 0 nitrogen and oxygen atoms in total. The lowest BCUT2D eigenvalue weighted by Crippen LogP contribution is -3.61. The summed E-state index contributed by atoms with van der Waals surface area (Å²) in [7, 11) is 0. The van der Waals surface area contributed by atoms with Crippen LogP contribution in [-0.2, 0) is 0 Å². The molecule has 3 rings (SSSR count). The molecule has 0 radical (unpaired) electrons. The van der Waals surface area contributed by atoms with Crippen molar-refractivity contribution in [1.82, 2.24) is 0 Å². The quantitative estimate of drug-likeness (QED) is 0.536. The molecule has 0 aromatic heterocycles. The van der Waals surface area contributed by atoms with E-state index in [2.05, 4.69) is 51.1 Å². The van der Waals surface area contributed by atoms with Gasteiger partial charge in [-0.25, -0.2) is 0 Å². The molecule has 1 heterocycles. The van der Waals surface area contributed by atoms with Crippen LogP contribution in [0.25, 0.3) is 11.1 Å². The predicted octanol–water partition coefficient (Wildman–Crippen LogP) is 0.721. The van der Waals surface area contributed by atoms with Crippen LogP contribution < -0.4 is 21.2 Å². The van der Waals surface area contributed by atoms with Crippen molar-refractivity contribution in [3.8, 4) is 11.1 Å². The highest BCUT2D eigenvalue weighted by atomic mass is 127. The summed E-state index contributed by atoms with van der Waals surface area (Å²) in [4.78, 5) is 0. The van der Waals surface area contributed by atoms with Gasteiger partial charge >= 0.3 is 21.2 Å². The van der Waals surface area contributed by atoms with Gasteiger partial charge in [0.1, 0.15) is 0 Å². The normalized spacial score (nSPS) is 12.4. The third kappa shape index (κ3) is 1.41. The highest BCUT2D eigenvalue weighted by molar-refractivity contribution is 5.69. The molecule has 16 heavy (non-hydrogen) atoms. The van der Waals surface area contributed by atoms with Gasteiger partial charge in [0.2, 0.25) is 7.14 Å². The Labute approximate surface area is 107 Å². The molecule has 80 valence electrons. The maximum Gasteiger partial charge on any atom is 0.359 e. The van der Waals surface area contributed by atoms with Gasteiger partial charge in [-0.05, 0) is 44.0 Å². The molecule has 0 fully saturated rings. The van der Waals surface area contributed by atoms with Gasteiger partial charge in [0.05, 0.1) is 0 Å². The molecule has 0 unspecified atom stereocenters. The average molecular weight is 321 g/mol. The van der Waals surface area contributed by atoms with E-state index in [4.69, 9.17) is 0 Å². The monoisotopic (exact) mass is 321 g/mol. The van der Waals surface area contributed by atoms with E-state index in [-0.39, 0.29) is 21.2 Å². The SMILES string of the molecule is Cc1cc(C)c2c(c1)-c1c(C)cccc1[I+]2. The minimum Gasteiger partial charge on any atom is -0.0584 e. The summed E-state index contributed by atoms with van der Waals surface area (Å²) < 4.78 is 3.23. The van der Waals surface area contributed by atoms with E-state index in [1.54, 1.807) is 7.14 Å². The Morgan fingerprint density at radius 3 is 2.56 bits per heavy atom. The van der Waals surface area contributed by atoms with Crippen LogP contribution in [0.3, 0.4) is 0 Å². The molecular formula is C15H14I+. The van der Waals surface area contributed by atoms with Crippen LogP contribution in [0.5, 0.6) is 0 Å². The van der Waals surface area contributed by atoms with Crippen molar-refractivity contribution in [2.75, 3.05) is 0 Å². The van der Waals surface area contributed by atoms with Gasteiger partial charge in [0.15, 0.2) is 0 Å². The van der Waals surface area contributed by atoms with Gasteiger partial charge in [-0.3, -0.25) is 0 Å². The van der Waals surface area contributed by atoms with Crippen molar-refractivity contribution >= 4 is 0 Å². The van der Waals surface area contributed by atoms with Crippen molar-refractivity contribution in [3.05, 3.63) is 54.2 Å². The molecule has 0 N–H and O–H groups in total. The summed E-state index contributed by atoms with van der Waals surface area (Å²) in [5, 5.41) is 0. The minimum absolute atomic E-state index is 0.0515. The minimum atomic E-state index is 0.0515. The van der Waals surface area contributed by atoms with Crippen LogP contribution in [-0.4, -0.2) is 0 Å². The third-order valence-corrected chi connectivity index (χ3v) is 6.54. The van der Waals surface area contributed by atoms with Crippen molar-refractivity contribution in [1.29, 1.82) is 0 Å². The number of hydrogen-bond donors (Lipinski definition) is 0. The number of benzene rings is 2. The second kappa shape index (κ2) is 3.59. The molecule has 2 aromatic rings. The number of aryl methyl sites for hydroxylation is 3. The van der Waals surface area contributed by atoms with Crippen molar-refractivity contribution in [2.24, 2.45) is 0 Å². The van der Waals surface area contributed by atoms with Crippen LogP contribution in [0.15, 0.2) is 30.3 Å². The Balaban J connectivity index is 2.36. The van der Waals surface area contributed by atoms with Crippen LogP contribution in [0.1, 0.15) is 16.7 Å². The molecule has 0 saturated heterocycles. The maximum atomic E-state index is 2.36. The van der Waals surface area contributed by atoms with Crippen molar-refractivity contribution in [3.63, 3.8) is 0 Å². The van der Waals surface area contributed by atoms with E-state index in [9.17, 15) is 0 Å². The molecule has 1 aliphatic rings. The second-order valence-electron chi connectivity index (χ2n) is 4.47. The van der Waals surface area contributed by atoms with Gasteiger partial charge < -0.3 is 0 Å². The zero-order valence-electron chi connectivity index (χ0n) is 9.76. The van der Waals surface area contributed by atoms with Crippen molar-refractivity contribution < 1.29 is 21.2 Å². The fourth-order valence-electron chi connectivity index (χ4n) is 2.41. The fourth-order valence-corrected chi connectivity index (χ4v) is 5.66. The van der Waals surface area contributed by atoms with E-state index in [1.807, 2.05) is 0 Å². The van der Waals surface area contributed by atoms with Crippen LogP contribution in [0, 0.1) is 27.9 Å². The third-order valence-electron chi connectivity index (χ3n) is 3.09. The van der Waals surface area contributed by atoms with Gasteiger partial charge in [0.25, 0.3) is 0 Å². The van der Waals surface area contributed by atoms with E-state index in [1.165, 1.54) is 27.8 Å². The first-order chi connectivity index (χ1) is 7.66. The second-order valence-corrected chi connectivity index (χ2v) is 7.25. The number of hydrogen-bond acceptors (Lipinski definition) is 0. The Morgan fingerprint density at radius 2 is 1.75 bits per heavy atom. The highest BCUT2D eigenvalue weighted by Gasteiger charge is 2.35. The first kappa shape index (κ1) is 10.3. The molecule has 1 aliphatic heterocycles. The predicted molar refractivity (Wildman–Crippen MR) is 63.5 cm³/mol. The van der Waals surface area contributed by atoms with Gasteiger partial charge in [-0.15, -0.1) is 0 Å². The summed E-state index contributed by atoms with van der Waals surface area (Å²) in [6, 6.07) is 11.4. The van der Waals surface area contributed by atoms with E-state index in [0.717, 1.165) is 0 Å². The molecule has 0 atom stereocenters. The summed E-state index contributed by atoms with van der Waals surface area (Å²) in [6.45, 7) is 6.68. The van der Waals surface area contributed by atoms with E-state index in [0.29, 0.717) is 0 Å². The Kier molecular flexibility index (Phi) is 2.32. The molecule has 0 aliphatic carbocycles. The van der Waals surface area contributed by atoms with Gasteiger partial charge in [0, 0.05) is 16.7 Å². The Hall–Kier alpha value is -0.830. The largest absolute Gasteiger partial charge is 0.359 e. The molecule has 2 aromatic carbocycles. The summed E-state index contributed by atoms with van der Waals surface area (Å²) in [6.07, 6.45) is 0. The molecule has 0 amide bonds. The first-order valence-electron chi connectivity index (χ1n) is 5.53. The first-order valence-corrected chi connectivity index (χ1v) is 7.68. The fraction of sp³-hybridized carbons (Fsp3) is 0.200. The lowest BCUT2D eigenvalue weighted by Gasteiger charge is -2.02. The van der Waals surface area contributed by atoms with Crippen LogP contribution >= 0.6 is 0 Å². The average Bonchev–Trinajstić information content (AvgIpc) is 2.58. The van der Waals surface area contributed by atoms with Crippen molar-refractivity contribution in [2.45, 2.75) is 20.8 Å². The topological polar surface area (TPSA) is 0 Å². The standard InChI is InChI=1S/C15H14I/c1-9-7-11(3)15-12(8-9)14-10(2)5-4-6-13(14)16-15/h4-8H,1-3H3/q+1. The zero-order chi connectivity index (χ0) is 11.3. The Morgan fingerprint density at radius 1 is 0.938 bits per heavy atom. The van der Waals surface area contributed by atoms with Crippen LogP contribution in [0.4, 0.5) is 0 Å². The van der Waals surface area contributed by atoms with Gasteiger partial charge in [-0.1, -0.05) is 18.2 Å². The molecular weight excluding hydrogens is 307 g/mol. The number of fused-ring (bicyclic) bond motifs is 3. The zero-order valence-corrected chi connectivity index (χ0v) is 11.9. The summed E-state index contributed by atoms with van der Waals surface area (Å²) >= 11 is 0.0515. The van der Waals surface area contributed by atoms with E-state index < -0.39 is 0 Å². The van der Waals surface area contributed by atoms with E-state index >= 15 is 0 Å². The number of halogens is 1. The molecule has 1 heteroatoms. The maximum absolute atomic E-state index is 2.36. The summed E-state index contributed by atoms with van der Waals surface area (Å²) in [5.74, 6) is 0.